The summed E-state index contributed by atoms with van der Waals surface area (Å²) in [7, 11) is 0. The number of hydrogen-bond acceptors (Lipinski definition) is 4. The molecule has 0 amide bonds. The van der Waals surface area contributed by atoms with E-state index in [9.17, 15) is 0 Å². The minimum Gasteiger partial charge on any atom is -0.378 e. The summed E-state index contributed by atoms with van der Waals surface area (Å²) in [4.78, 5) is 12.1. The minimum atomic E-state index is 0.666. The normalized spacial score (nSPS) is 9.71. The van der Waals surface area contributed by atoms with E-state index in [1.165, 1.54) is 0 Å². The van der Waals surface area contributed by atoms with Gasteiger partial charge in [-0.05, 0) is 12.1 Å². The van der Waals surface area contributed by atoms with Crippen molar-refractivity contribution in [2.24, 2.45) is 0 Å². The topological polar surface area (TPSA) is 50.7 Å². The molecule has 4 heteroatoms. The fourth-order valence-electron chi connectivity index (χ4n) is 1.08. The van der Waals surface area contributed by atoms with E-state index in [2.05, 4.69) is 20.3 Å². The molecule has 2 aromatic heterocycles. The van der Waals surface area contributed by atoms with Crippen LogP contribution in [0.1, 0.15) is 5.69 Å². The Morgan fingerprint density at radius 1 is 1.07 bits per heavy atom. The quantitative estimate of drug-likeness (QED) is 0.788. The van der Waals surface area contributed by atoms with E-state index < -0.39 is 0 Å². The maximum atomic E-state index is 4.15. The standard InChI is InChI=1S/C10H10N4/c1-2-9(6-11-3-1)14-8-10-7-12-4-5-13-10/h1-7,14H,8H2. The van der Waals surface area contributed by atoms with Crippen LogP contribution in [0.15, 0.2) is 43.1 Å². The Morgan fingerprint density at radius 3 is 2.71 bits per heavy atom. The Bertz CT molecular complexity index is 334. The number of rotatable bonds is 3. The number of nitrogens with one attached hydrogen (secondary N) is 1. The SMILES string of the molecule is c1cncc(NCc2cnccn2)c1. The molecule has 0 saturated heterocycles. The van der Waals surface area contributed by atoms with Crippen LogP contribution in [0.25, 0.3) is 0 Å². The molecule has 4 nitrogen and oxygen atoms in total. The van der Waals surface area contributed by atoms with Crippen LogP contribution in [-0.2, 0) is 6.54 Å². The summed E-state index contributed by atoms with van der Waals surface area (Å²) in [5, 5.41) is 3.20. The first kappa shape index (κ1) is 8.62. The molecule has 0 saturated carbocycles. The summed E-state index contributed by atoms with van der Waals surface area (Å²) in [6.07, 6.45) is 8.60. The first-order valence-electron chi connectivity index (χ1n) is 4.34. The van der Waals surface area contributed by atoms with Crippen LogP contribution in [0.2, 0.25) is 0 Å². The highest BCUT2D eigenvalue weighted by molar-refractivity contribution is 5.39. The van der Waals surface area contributed by atoms with Crippen molar-refractivity contribution in [3.05, 3.63) is 48.8 Å². The largest absolute Gasteiger partial charge is 0.378 e. The predicted molar refractivity (Wildman–Crippen MR) is 53.6 cm³/mol. The third kappa shape index (κ3) is 2.26. The van der Waals surface area contributed by atoms with Gasteiger partial charge in [-0.3, -0.25) is 15.0 Å². The molecule has 2 aromatic rings. The fourth-order valence-corrected chi connectivity index (χ4v) is 1.08. The Hall–Kier alpha value is -1.97. The molecule has 0 spiro atoms. The van der Waals surface area contributed by atoms with Crippen LogP contribution in [0.4, 0.5) is 5.69 Å². The van der Waals surface area contributed by atoms with Crippen molar-refractivity contribution in [1.29, 1.82) is 0 Å². The lowest BCUT2D eigenvalue weighted by Crippen LogP contribution is -2.01. The van der Waals surface area contributed by atoms with Crippen LogP contribution >= 0.6 is 0 Å². The molecule has 0 aromatic carbocycles. The summed E-state index contributed by atoms with van der Waals surface area (Å²) >= 11 is 0. The smallest absolute Gasteiger partial charge is 0.0777 e. The Labute approximate surface area is 82.1 Å². The highest BCUT2D eigenvalue weighted by Crippen LogP contribution is 2.04. The van der Waals surface area contributed by atoms with Crippen molar-refractivity contribution in [1.82, 2.24) is 15.0 Å². The monoisotopic (exact) mass is 186 g/mol. The zero-order valence-corrected chi connectivity index (χ0v) is 7.59. The zero-order chi connectivity index (χ0) is 9.64. The number of pyridine rings is 1. The molecule has 2 rings (SSSR count). The number of nitrogens with zero attached hydrogens (tertiary/aromatic N) is 3. The molecule has 0 aliphatic carbocycles. The van der Waals surface area contributed by atoms with Crippen LogP contribution in [-0.4, -0.2) is 15.0 Å². The average Bonchev–Trinajstić information content (AvgIpc) is 2.29. The molecule has 1 N–H and O–H groups in total. The van der Waals surface area contributed by atoms with Crippen molar-refractivity contribution < 1.29 is 0 Å². The lowest BCUT2D eigenvalue weighted by atomic mass is 10.4. The maximum Gasteiger partial charge on any atom is 0.0777 e. The van der Waals surface area contributed by atoms with Gasteiger partial charge in [-0.25, -0.2) is 0 Å². The van der Waals surface area contributed by atoms with Crippen molar-refractivity contribution in [2.75, 3.05) is 5.32 Å². The highest BCUT2D eigenvalue weighted by Gasteiger charge is 1.93. The van der Waals surface area contributed by atoms with Gasteiger partial charge in [-0.15, -0.1) is 0 Å². The summed E-state index contributed by atoms with van der Waals surface area (Å²) in [6, 6.07) is 3.85. The van der Waals surface area contributed by atoms with Gasteiger partial charge < -0.3 is 5.32 Å². The van der Waals surface area contributed by atoms with Crippen LogP contribution < -0.4 is 5.32 Å². The molecule has 0 unspecified atom stereocenters. The zero-order valence-electron chi connectivity index (χ0n) is 7.59. The molecule has 0 bridgehead atoms. The molecule has 70 valence electrons. The first-order valence-corrected chi connectivity index (χ1v) is 4.34. The van der Waals surface area contributed by atoms with E-state index in [1.807, 2.05) is 12.1 Å². The van der Waals surface area contributed by atoms with Gasteiger partial charge in [0, 0.05) is 24.8 Å². The van der Waals surface area contributed by atoms with E-state index in [1.54, 1.807) is 31.0 Å². The van der Waals surface area contributed by atoms with Crippen LogP contribution in [0.5, 0.6) is 0 Å². The Kier molecular flexibility index (Phi) is 2.66. The second-order valence-electron chi connectivity index (χ2n) is 2.79. The fraction of sp³-hybridized carbons (Fsp3) is 0.100. The van der Waals surface area contributed by atoms with E-state index >= 15 is 0 Å². The summed E-state index contributed by atoms with van der Waals surface area (Å²) in [6.45, 7) is 0.666. The third-order valence-corrected chi connectivity index (χ3v) is 1.75. The van der Waals surface area contributed by atoms with Gasteiger partial charge in [-0.2, -0.15) is 0 Å². The maximum absolute atomic E-state index is 4.15. The molecule has 14 heavy (non-hydrogen) atoms. The molecule has 0 atom stereocenters. The highest BCUT2D eigenvalue weighted by atomic mass is 14.9. The molecule has 0 radical (unpaired) electrons. The number of aromatic nitrogens is 3. The Morgan fingerprint density at radius 2 is 2.00 bits per heavy atom. The first-order chi connectivity index (χ1) is 6.95. The van der Waals surface area contributed by atoms with Gasteiger partial charge in [0.15, 0.2) is 0 Å². The molecular formula is C10H10N4. The van der Waals surface area contributed by atoms with Gasteiger partial charge >= 0.3 is 0 Å². The van der Waals surface area contributed by atoms with Gasteiger partial charge in [0.1, 0.15) is 0 Å². The van der Waals surface area contributed by atoms with Gasteiger partial charge in [0.05, 0.1) is 24.1 Å². The van der Waals surface area contributed by atoms with Gasteiger partial charge in [0.2, 0.25) is 0 Å². The Balaban J connectivity index is 1.96. The van der Waals surface area contributed by atoms with E-state index in [0.717, 1.165) is 11.4 Å². The lowest BCUT2D eigenvalue weighted by molar-refractivity contribution is 1.01. The van der Waals surface area contributed by atoms with E-state index in [0.29, 0.717) is 6.54 Å². The van der Waals surface area contributed by atoms with E-state index in [-0.39, 0.29) is 0 Å². The van der Waals surface area contributed by atoms with Crippen molar-refractivity contribution >= 4 is 5.69 Å². The molecular weight excluding hydrogens is 176 g/mol. The third-order valence-electron chi connectivity index (χ3n) is 1.75. The average molecular weight is 186 g/mol. The van der Waals surface area contributed by atoms with Crippen molar-refractivity contribution in [2.45, 2.75) is 6.54 Å². The lowest BCUT2D eigenvalue weighted by Gasteiger charge is -2.03. The second kappa shape index (κ2) is 4.32. The summed E-state index contributed by atoms with van der Waals surface area (Å²) in [5.41, 5.74) is 1.90. The second-order valence-corrected chi connectivity index (χ2v) is 2.79. The number of anilines is 1. The van der Waals surface area contributed by atoms with Crippen molar-refractivity contribution in [3.8, 4) is 0 Å². The molecule has 0 fully saturated rings. The van der Waals surface area contributed by atoms with Crippen LogP contribution in [0, 0.1) is 0 Å². The summed E-state index contributed by atoms with van der Waals surface area (Å²) < 4.78 is 0. The van der Waals surface area contributed by atoms with E-state index in [4.69, 9.17) is 0 Å². The molecule has 2 heterocycles. The summed E-state index contributed by atoms with van der Waals surface area (Å²) in [5.74, 6) is 0. The van der Waals surface area contributed by atoms with Crippen molar-refractivity contribution in [3.63, 3.8) is 0 Å². The molecule has 0 aliphatic heterocycles. The van der Waals surface area contributed by atoms with Gasteiger partial charge in [-0.1, -0.05) is 0 Å². The van der Waals surface area contributed by atoms with Gasteiger partial charge in [0.25, 0.3) is 0 Å². The number of hydrogen-bond donors (Lipinski definition) is 1. The van der Waals surface area contributed by atoms with Crippen LogP contribution in [0.3, 0.4) is 0 Å². The minimum absolute atomic E-state index is 0.666. The predicted octanol–water partition coefficient (Wildman–Crippen LogP) is 1.48. The molecule has 0 aliphatic rings.